The minimum Gasteiger partial charge on any atom is -0.444 e. The first-order valence-electron chi connectivity index (χ1n) is 3.09. The predicted octanol–water partition coefficient (Wildman–Crippen LogP) is 0.0260. The summed E-state index contributed by atoms with van der Waals surface area (Å²) in [5.74, 6) is 0. The summed E-state index contributed by atoms with van der Waals surface area (Å²) >= 11 is 0. The summed E-state index contributed by atoms with van der Waals surface area (Å²) in [7, 11) is 1.65. The fourth-order valence-corrected chi connectivity index (χ4v) is 0.880. The molecule has 0 aliphatic carbocycles. The van der Waals surface area contributed by atoms with Crippen LogP contribution in [0.25, 0.3) is 0 Å². The molecule has 0 aromatic carbocycles. The molecule has 4 heteroatoms. The van der Waals surface area contributed by atoms with Gasteiger partial charge in [0.15, 0.2) is 0 Å². The second kappa shape index (κ2) is 2.68. The lowest BCUT2D eigenvalue weighted by Gasteiger charge is -2.00. The Morgan fingerprint density at radius 2 is 2.60 bits per heavy atom. The van der Waals surface area contributed by atoms with Crippen LogP contribution in [0.15, 0.2) is 0 Å². The first-order chi connectivity index (χ1) is 4.74. The molecule has 10 heavy (non-hydrogen) atoms. The van der Waals surface area contributed by atoms with Gasteiger partial charge in [-0.15, -0.1) is 0 Å². The molecule has 1 fully saturated rings. The molecule has 1 saturated heterocycles. The van der Waals surface area contributed by atoms with Crippen molar-refractivity contribution in [1.82, 2.24) is 4.90 Å². The van der Waals surface area contributed by atoms with Crippen LogP contribution >= 0.6 is 0 Å². The van der Waals surface area contributed by atoms with E-state index in [1.807, 2.05) is 0 Å². The maximum Gasteiger partial charge on any atom is 0.409 e. The van der Waals surface area contributed by atoms with E-state index in [0.29, 0.717) is 13.0 Å². The summed E-state index contributed by atoms with van der Waals surface area (Å²) in [5, 5.41) is 0. The zero-order chi connectivity index (χ0) is 7.56. The highest BCUT2D eigenvalue weighted by Crippen LogP contribution is 2.09. The van der Waals surface area contributed by atoms with Crippen molar-refractivity contribution in [2.45, 2.75) is 12.5 Å². The van der Waals surface area contributed by atoms with Crippen LogP contribution in [0.5, 0.6) is 0 Å². The molecule has 0 N–H and O–H groups in total. The SMILES string of the molecule is CN1CC(CC=O)OC1=O. The van der Waals surface area contributed by atoms with Crippen LogP contribution in [0.3, 0.4) is 0 Å². The Morgan fingerprint density at radius 1 is 1.90 bits per heavy atom. The molecule has 1 aliphatic rings. The first kappa shape index (κ1) is 7.05. The molecule has 0 spiro atoms. The van der Waals surface area contributed by atoms with Gasteiger partial charge >= 0.3 is 6.09 Å². The number of amides is 1. The fourth-order valence-electron chi connectivity index (χ4n) is 0.880. The van der Waals surface area contributed by atoms with Gasteiger partial charge in [-0.2, -0.15) is 0 Å². The third-order valence-corrected chi connectivity index (χ3v) is 1.42. The number of hydrogen-bond donors (Lipinski definition) is 0. The fraction of sp³-hybridized carbons (Fsp3) is 0.667. The minimum absolute atomic E-state index is 0.227. The molecule has 0 saturated carbocycles. The molecular formula is C6H9NO3. The van der Waals surface area contributed by atoms with E-state index < -0.39 is 0 Å². The number of carbonyl (C=O) groups is 2. The van der Waals surface area contributed by atoms with Crippen molar-refractivity contribution in [2.75, 3.05) is 13.6 Å². The van der Waals surface area contributed by atoms with Crippen LogP contribution in [0, 0.1) is 0 Å². The van der Waals surface area contributed by atoms with Crippen molar-refractivity contribution in [3.8, 4) is 0 Å². The Morgan fingerprint density at radius 3 is 3.00 bits per heavy atom. The van der Waals surface area contributed by atoms with Crippen molar-refractivity contribution >= 4 is 12.4 Å². The lowest BCUT2D eigenvalue weighted by atomic mass is 10.3. The van der Waals surface area contributed by atoms with Gasteiger partial charge in [-0.1, -0.05) is 0 Å². The normalized spacial score (nSPS) is 24.7. The number of hydrogen-bond acceptors (Lipinski definition) is 3. The van der Waals surface area contributed by atoms with E-state index in [0.717, 1.165) is 6.29 Å². The zero-order valence-corrected chi connectivity index (χ0v) is 5.74. The quantitative estimate of drug-likeness (QED) is 0.512. The van der Waals surface area contributed by atoms with Crippen molar-refractivity contribution < 1.29 is 14.3 Å². The van der Waals surface area contributed by atoms with E-state index in [1.165, 1.54) is 4.90 Å². The molecule has 1 amide bonds. The minimum atomic E-state index is -0.341. The third kappa shape index (κ3) is 1.26. The topological polar surface area (TPSA) is 46.6 Å². The number of likely N-dealkylation sites (N-methyl/N-ethyl adjacent to an activating group) is 1. The van der Waals surface area contributed by atoms with E-state index in [2.05, 4.69) is 0 Å². The Balaban J connectivity index is 2.41. The average molecular weight is 143 g/mol. The number of nitrogens with zero attached hydrogens (tertiary/aromatic N) is 1. The monoisotopic (exact) mass is 143 g/mol. The van der Waals surface area contributed by atoms with Crippen molar-refractivity contribution in [2.24, 2.45) is 0 Å². The highest BCUT2D eigenvalue weighted by atomic mass is 16.6. The van der Waals surface area contributed by atoms with Gasteiger partial charge in [0.25, 0.3) is 0 Å². The highest BCUT2D eigenvalue weighted by molar-refractivity contribution is 5.70. The lowest BCUT2D eigenvalue weighted by molar-refractivity contribution is -0.109. The largest absolute Gasteiger partial charge is 0.444 e. The second-order valence-electron chi connectivity index (χ2n) is 2.29. The van der Waals surface area contributed by atoms with Crippen LogP contribution in [-0.2, 0) is 9.53 Å². The van der Waals surface area contributed by atoms with Gasteiger partial charge in [0.2, 0.25) is 0 Å². The summed E-state index contributed by atoms with van der Waals surface area (Å²) in [4.78, 5) is 22.1. The molecular weight excluding hydrogens is 134 g/mol. The molecule has 1 heterocycles. The van der Waals surface area contributed by atoms with Gasteiger partial charge in [0.05, 0.1) is 6.54 Å². The molecule has 1 atom stereocenters. The van der Waals surface area contributed by atoms with Crippen molar-refractivity contribution in [1.29, 1.82) is 0 Å². The van der Waals surface area contributed by atoms with E-state index >= 15 is 0 Å². The standard InChI is InChI=1S/C6H9NO3/c1-7-4-5(2-3-8)10-6(7)9/h3,5H,2,4H2,1H3. The van der Waals surface area contributed by atoms with Gasteiger partial charge in [0.1, 0.15) is 12.4 Å². The highest BCUT2D eigenvalue weighted by Gasteiger charge is 2.27. The van der Waals surface area contributed by atoms with Gasteiger partial charge in [0, 0.05) is 13.5 Å². The Labute approximate surface area is 58.8 Å². The summed E-state index contributed by atoms with van der Waals surface area (Å²) in [6.07, 6.45) is 0.495. The summed E-state index contributed by atoms with van der Waals surface area (Å²) in [5.41, 5.74) is 0. The van der Waals surface area contributed by atoms with E-state index in [4.69, 9.17) is 4.74 Å². The first-order valence-corrected chi connectivity index (χ1v) is 3.09. The molecule has 1 aliphatic heterocycles. The van der Waals surface area contributed by atoms with Crippen LogP contribution in [0.4, 0.5) is 4.79 Å². The zero-order valence-electron chi connectivity index (χ0n) is 5.74. The van der Waals surface area contributed by atoms with Crippen LogP contribution < -0.4 is 0 Å². The van der Waals surface area contributed by atoms with Crippen LogP contribution in [-0.4, -0.2) is 37.0 Å². The summed E-state index contributed by atoms with van der Waals surface area (Å²) in [6.45, 7) is 0.525. The Hall–Kier alpha value is -1.06. The molecule has 0 aromatic heterocycles. The molecule has 4 nitrogen and oxygen atoms in total. The number of aldehydes is 1. The van der Waals surface area contributed by atoms with Gasteiger partial charge < -0.3 is 14.4 Å². The smallest absolute Gasteiger partial charge is 0.409 e. The maximum absolute atomic E-state index is 10.6. The van der Waals surface area contributed by atoms with E-state index in [-0.39, 0.29) is 12.2 Å². The lowest BCUT2D eigenvalue weighted by Crippen LogP contribution is -2.19. The van der Waals surface area contributed by atoms with Gasteiger partial charge in [-0.05, 0) is 0 Å². The van der Waals surface area contributed by atoms with E-state index in [1.54, 1.807) is 7.05 Å². The maximum atomic E-state index is 10.6. The molecule has 0 bridgehead atoms. The number of cyclic esters (lactones) is 1. The molecule has 56 valence electrons. The molecule has 0 radical (unpaired) electrons. The molecule has 1 rings (SSSR count). The molecule has 1 unspecified atom stereocenters. The summed E-state index contributed by atoms with van der Waals surface area (Å²) < 4.78 is 4.77. The Bertz CT molecular complexity index is 157. The number of rotatable bonds is 2. The predicted molar refractivity (Wildman–Crippen MR) is 33.6 cm³/mol. The van der Waals surface area contributed by atoms with Crippen LogP contribution in [0.2, 0.25) is 0 Å². The number of carbonyl (C=O) groups excluding carboxylic acids is 2. The molecule has 0 aromatic rings. The van der Waals surface area contributed by atoms with Crippen molar-refractivity contribution in [3.05, 3.63) is 0 Å². The summed E-state index contributed by atoms with van der Waals surface area (Å²) in [6, 6.07) is 0. The van der Waals surface area contributed by atoms with Crippen molar-refractivity contribution in [3.63, 3.8) is 0 Å². The van der Waals surface area contributed by atoms with Gasteiger partial charge in [-0.25, -0.2) is 4.79 Å². The van der Waals surface area contributed by atoms with Gasteiger partial charge in [-0.3, -0.25) is 0 Å². The Kier molecular flexibility index (Phi) is 1.89. The second-order valence-corrected chi connectivity index (χ2v) is 2.29. The average Bonchev–Trinajstić information content (AvgIpc) is 2.14. The number of ether oxygens (including phenoxy) is 1. The van der Waals surface area contributed by atoms with Crippen LogP contribution in [0.1, 0.15) is 6.42 Å². The third-order valence-electron chi connectivity index (χ3n) is 1.42. The van der Waals surface area contributed by atoms with E-state index in [9.17, 15) is 9.59 Å².